The summed E-state index contributed by atoms with van der Waals surface area (Å²) in [7, 11) is 0. The molecular weight excluding hydrogens is 268 g/mol. The molecule has 124 valence electrons. The summed E-state index contributed by atoms with van der Waals surface area (Å²) in [6.45, 7) is 13.2. The molecule has 0 aromatic carbocycles. The van der Waals surface area contributed by atoms with Gasteiger partial charge in [0.25, 0.3) is 0 Å². The van der Waals surface area contributed by atoms with Gasteiger partial charge in [-0.1, -0.05) is 32.9 Å². The summed E-state index contributed by atoms with van der Waals surface area (Å²) in [5.74, 6) is -0.794. The average molecular weight is 300 g/mol. The van der Waals surface area contributed by atoms with Crippen LogP contribution < -0.4 is 11.1 Å². The van der Waals surface area contributed by atoms with Crippen LogP contribution in [0.1, 0.15) is 47.5 Å². The topological polar surface area (TPSA) is 91.0 Å². The van der Waals surface area contributed by atoms with Gasteiger partial charge in [0.05, 0.1) is 0 Å². The number of carbonyl (C=O) groups is 1. The third-order valence-electron chi connectivity index (χ3n) is 3.78. The molecule has 2 atom stereocenters. The van der Waals surface area contributed by atoms with Crippen molar-refractivity contribution in [3.63, 3.8) is 0 Å². The molecule has 0 saturated carbocycles. The van der Waals surface area contributed by atoms with Gasteiger partial charge in [-0.25, -0.2) is 0 Å². The largest absolute Gasteiger partial charge is 0.409 e. The Morgan fingerprint density at radius 2 is 1.86 bits per heavy atom. The van der Waals surface area contributed by atoms with Gasteiger partial charge in [-0.05, 0) is 45.3 Å². The number of carbonyl (C=O) groups excluding carboxylic acids is 1. The van der Waals surface area contributed by atoms with Gasteiger partial charge in [-0.3, -0.25) is 4.79 Å². The van der Waals surface area contributed by atoms with Gasteiger partial charge < -0.3 is 21.2 Å². The van der Waals surface area contributed by atoms with E-state index in [-0.39, 0.29) is 23.7 Å². The van der Waals surface area contributed by atoms with Crippen LogP contribution in [0.15, 0.2) is 5.16 Å². The second kappa shape index (κ2) is 10.4. The van der Waals surface area contributed by atoms with Crippen molar-refractivity contribution in [2.45, 2.75) is 53.5 Å². The van der Waals surface area contributed by atoms with Crippen LogP contribution in [0, 0.1) is 11.8 Å². The lowest BCUT2D eigenvalue weighted by Gasteiger charge is -2.23. The molecule has 0 aliphatic carbocycles. The van der Waals surface area contributed by atoms with E-state index in [0.29, 0.717) is 0 Å². The van der Waals surface area contributed by atoms with E-state index in [4.69, 9.17) is 10.9 Å². The van der Waals surface area contributed by atoms with Gasteiger partial charge in [0.15, 0.2) is 5.84 Å². The lowest BCUT2D eigenvalue weighted by atomic mass is 9.93. The smallest absolute Gasteiger partial charge is 0.231 e. The summed E-state index contributed by atoms with van der Waals surface area (Å²) < 4.78 is 0. The molecule has 1 amide bonds. The number of oxime groups is 1. The molecule has 21 heavy (non-hydrogen) atoms. The van der Waals surface area contributed by atoms with E-state index in [2.05, 4.69) is 29.2 Å². The molecule has 0 aliphatic rings. The molecular formula is C15H32N4O2. The molecule has 0 aromatic heterocycles. The third kappa shape index (κ3) is 7.32. The SMILES string of the molecule is CCN(CC)CCCC(C)NC(=O)C(C(N)=NO)C(C)C. The molecule has 0 aliphatic heterocycles. The fraction of sp³-hybridized carbons (Fsp3) is 0.867. The van der Waals surface area contributed by atoms with Crippen LogP contribution >= 0.6 is 0 Å². The van der Waals surface area contributed by atoms with Crippen LogP contribution in [-0.2, 0) is 4.79 Å². The van der Waals surface area contributed by atoms with Gasteiger partial charge >= 0.3 is 0 Å². The lowest BCUT2D eigenvalue weighted by molar-refractivity contribution is -0.124. The first kappa shape index (κ1) is 19.7. The standard InChI is InChI=1S/C15H32N4O2/c1-6-19(7-2)10-8-9-12(5)17-15(20)13(11(3)4)14(16)18-21/h11-13,21H,6-10H2,1-5H3,(H2,16,18)(H,17,20). The zero-order valence-corrected chi connectivity index (χ0v) is 14.1. The van der Waals surface area contributed by atoms with Crippen molar-refractivity contribution >= 4 is 11.7 Å². The van der Waals surface area contributed by atoms with E-state index in [9.17, 15) is 4.79 Å². The Balaban J connectivity index is 4.30. The maximum absolute atomic E-state index is 12.2. The molecule has 0 saturated heterocycles. The zero-order valence-electron chi connectivity index (χ0n) is 14.1. The Morgan fingerprint density at radius 1 is 1.29 bits per heavy atom. The number of nitrogens with one attached hydrogen (secondary N) is 1. The number of nitrogens with zero attached hydrogens (tertiary/aromatic N) is 2. The minimum Gasteiger partial charge on any atom is -0.409 e. The molecule has 0 radical (unpaired) electrons. The average Bonchev–Trinajstić information content (AvgIpc) is 2.42. The van der Waals surface area contributed by atoms with Crippen LogP contribution in [0.5, 0.6) is 0 Å². The first-order chi connectivity index (χ1) is 9.87. The van der Waals surface area contributed by atoms with E-state index >= 15 is 0 Å². The zero-order chi connectivity index (χ0) is 16.4. The van der Waals surface area contributed by atoms with Crippen molar-refractivity contribution < 1.29 is 10.0 Å². The number of rotatable bonds is 10. The highest BCUT2D eigenvalue weighted by Crippen LogP contribution is 2.12. The summed E-state index contributed by atoms with van der Waals surface area (Å²) in [6, 6.07) is 0.0841. The van der Waals surface area contributed by atoms with Crippen molar-refractivity contribution in [2.75, 3.05) is 19.6 Å². The summed E-state index contributed by atoms with van der Waals surface area (Å²) in [5, 5.41) is 14.7. The van der Waals surface area contributed by atoms with Gasteiger partial charge in [0, 0.05) is 6.04 Å². The first-order valence-electron chi connectivity index (χ1n) is 7.87. The van der Waals surface area contributed by atoms with E-state index in [0.717, 1.165) is 32.5 Å². The molecule has 0 spiro atoms. The van der Waals surface area contributed by atoms with Crippen LogP contribution in [0.25, 0.3) is 0 Å². The predicted molar refractivity (Wildman–Crippen MR) is 86.4 cm³/mol. The highest BCUT2D eigenvalue weighted by molar-refractivity contribution is 6.02. The molecule has 6 nitrogen and oxygen atoms in total. The van der Waals surface area contributed by atoms with Gasteiger partial charge in [0.1, 0.15) is 5.92 Å². The normalized spacial score (nSPS) is 15.3. The second-order valence-electron chi connectivity index (χ2n) is 5.83. The highest BCUT2D eigenvalue weighted by atomic mass is 16.4. The van der Waals surface area contributed by atoms with E-state index in [1.807, 2.05) is 20.8 Å². The fourth-order valence-electron chi connectivity index (χ4n) is 2.41. The minimum absolute atomic E-state index is 0.0104. The Bertz CT molecular complexity index is 328. The summed E-state index contributed by atoms with van der Waals surface area (Å²) in [6.07, 6.45) is 1.96. The maximum atomic E-state index is 12.2. The van der Waals surface area contributed by atoms with E-state index in [1.54, 1.807) is 0 Å². The van der Waals surface area contributed by atoms with Gasteiger partial charge in [-0.2, -0.15) is 0 Å². The number of amidine groups is 1. The minimum atomic E-state index is -0.583. The van der Waals surface area contributed by atoms with Crippen LogP contribution in [0.4, 0.5) is 0 Å². The summed E-state index contributed by atoms with van der Waals surface area (Å²) in [4.78, 5) is 14.6. The fourth-order valence-corrected chi connectivity index (χ4v) is 2.41. The highest BCUT2D eigenvalue weighted by Gasteiger charge is 2.27. The Hall–Kier alpha value is -1.30. The van der Waals surface area contributed by atoms with E-state index < -0.39 is 5.92 Å². The molecule has 0 heterocycles. The van der Waals surface area contributed by atoms with Crippen molar-refractivity contribution in [1.29, 1.82) is 0 Å². The van der Waals surface area contributed by atoms with E-state index in [1.165, 1.54) is 0 Å². The number of amides is 1. The Labute approximate surface area is 128 Å². The van der Waals surface area contributed by atoms with Crippen LogP contribution in [0.3, 0.4) is 0 Å². The van der Waals surface area contributed by atoms with Crippen LogP contribution in [0.2, 0.25) is 0 Å². The number of hydrogen-bond acceptors (Lipinski definition) is 4. The molecule has 4 N–H and O–H groups in total. The molecule has 0 bridgehead atoms. The monoisotopic (exact) mass is 300 g/mol. The van der Waals surface area contributed by atoms with Crippen molar-refractivity contribution in [3.05, 3.63) is 0 Å². The molecule has 2 unspecified atom stereocenters. The van der Waals surface area contributed by atoms with Crippen molar-refractivity contribution in [3.8, 4) is 0 Å². The van der Waals surface area contributed by atoms with Crippen molar-refractivity contribution in [1.82, 2.24) is 10.2 Å². The summed E-state index contributed by atoms with van der Waals surface area (Å²) in [5.41, 5.74) is 5.60. The van der Waals surface area contributed by atoms with Crippen LogP contribution in [-0.4, -0.2) is 47.5 Å². The van der Waals surface area contributed by atoms with Crippen molar-refractivity contribution in [2.24, 2.45) is 22.7 Å². The number of nitrogens with two attached hydrogens (primary N) is 1. The summed E-state index contributed by atoms with van der Waals surface area (Å²) >= 11 is 0. The quantitative estimate of drug-likeness (QED) is 0.247. The Kier molecular flexibility index (Phi) is 9.78. The molecule has 0 fully saturated rings. The third-order valence-corrected chi connectivity index (χ3v) is 3.78. The van der Waals surface area contributed by atoms with Gasteiger partial charge in [-0.15, -0.1) is 0 Å². The molecule has 0 aromatic rings. The molecule has 0 rings (SSSR count). The maximum Gasteiger partial charge on any atom is 0.231 e. The first-order valence-corrected chi connectivity index (χ1v) is 7.87. The predicted octanol–water partition coefficient (Wildman–Crippen LogP) is 1.63. The molecule has 6 heteroatoms. The van der Waals surface area contributed by atoms with Gasteiger partial charge in [0.2, 0.25) is 5.91 Å². The lowest BCUT2D eigenvalue weighted by Crippen LogP contribution is -2.45. The second-order valence-corrected chi connectivity index (χ2v) is 5.83. The Morgan fingerprint density at radius 3 is 2.29 bits per heavy atom. The number of hydrogen-bond donors (Lipinski definition) is 3.